The molecule has 0 saturated carbocycles. The number of aliphatic hydroxyl groups excluding tert-OH is 1. The van der Waals surface area contributed by atoms with E-state index in [4.69, 9.17) is 4.52 Å². The fraction of sp³-hybridized carbons (Fsp3) is 0.533. The van der Waals surface area contributed by atoms with Crippen LogP contribution in [0.15, 0.2) is 21.3 Å². The van der Waals surface area contributed by atoms with E-state index in [9.17, 15) is 9.90 Å². The first-order valence-corrected chi connectivity index (χ1v) is 8.10. The topological polar surface area (TPSA) is 88.2 Å². The van der Waals surface area contributed by atoms with Crippen LogP contribution in [0.25, 0.3) is 0 Å². The van der Waals surface area contributed by atoms with Crippen LogP contribution >= 0.6 is 11.3 Å². The summed E-state index contributed by atoms with van der Waals surface area (Å²) in [6.45, 7) is 6.20. The lowest BCUT2D eigenvalue weighted by atomic mass is 9.96. The number of thiophene rings is 1. The Morgan fingerprint density at radius 1 is 1.50 bits per heavy atom. The molecule has 0 bridgehead atoms. The number of aryl methyl sites for hydroxylation is 1. The summed E-state index contributed by atoms with van der Waals surface area (Å²) in [5.41, 5.74) is 0.645. The third-order valence-electron chi connectivity index (χ3n) is 3.13. The average Bonchev–Trinajstić information content (AvgIpc) is 3.12. The van der Waals surface area contributed by atoms with E-state index in [0.717, 1.165) is 5.56 Å². The molecule has 0 aromatic carbocycles. The molecule has 7 heteroatoms. The Morgan fingerprint density at radius 3 is 2.86 bits per heavy atom. The van der Waals surface area contributed by atoms with Gasteiger partial charge >= 0.3 is 0 Å². The Kier molecular flexibility index (Phi) is 5.31. The maximum Gasteiger partial charge on any atom is 0.227 e. The van der Waals surface area contributed by atoms with Gasteiger partial charge in [-0.15, -0.1) is 0 Å². The Balaban J connectivity index is 1.75. The third-order valence-corrected chi connectivity index (χ3v) is 3.83. The van der Waals surface area contributed by atoms with E-state index >= 15 is 0 Å². The maximum atomic E-state index is 11.8. The molecule has 2 heterocycles. The molecule has 2 aromatic heterocycles. The van der Waals surface area contributed by atoms with E-state index in [2.05, 4.69) is 15.5 Å². The Bertz CT molecular complexity index is 602. The Morgan fingerprint density at radius 2 is 2.27 bits per heavy atom. The number of nitrogens with zero attached hydrogens (tertiary/aromatic N) is 2. The van der Waals surface area contributed by atoms with Crippen molar-refractivity contribution in [2.24, 2.45) is 0 Å². The highest BCUT2D eigenvalue weighted by Crippen LogP contribution is 2.19. The lowest BCUT2D eigenvalue weighted by Crippen LogP contribution is -2.28. The molecule has 22 heavy (non-hydrogen) atoms. The summed E-state index contributed by atoms with van der Waals surface area (Å²) in [6.07, 6.45) is -0.0305. The highest BCUT2D eigenvalue weighted by atomic mass is 32.1. The van der Waals surface area contributed by atoms with Crippen molar-refractivity contribution in [1.29, 1.82) is 0 Å². The second-order valence-electron chi connectivity index (χ2n) is 6.14. The van der Waals surface area contributed by atoms with Gasteiger partial charge in [0.2, 0.25) is 11.8 Å². The summed E-state index contributed by atoms with van der Waals surface area (Å²) in [5, 5.41) is 20.3. The van der Waals surface area contributed by atoms with Crippen molar-refractivity contribution in [2.45, 2.75) is 45.1 Å². The molecule has 6 nitrogen and oxygen atoms in total. The zero-order valence-electron chi connectivity index (χ0n) is 13.0. The summed E-state index contributed by atoms with van der Waals surface area (Å²) in [5.74, 6) is 0.944. The number of carbonyl (C=O) groups is 1. The van der Waals surface area contributed by atoms with Gasteiger partial charge in [0.05, 0.1) is 6.10 Å². The number of hydrogen-bond donors (Lipinski definition) is 2. The molecule has 0 spiro atoms. The molecule has 0 aliphatic rings. The largest absolute Gasteiger partial charge is 0.387 e. The number of aromatic nitrogens is 2. The van der Waals surface area contributed by atoms with Gasteiger partial charge in [-0.1, -0.05) is 25.9 Å². The van der Waals surface area contributed by atoms with Crippen LogP contribution in [0.1, 0.15) is 50.6 Å². The fourth-order valence-corrected chi connectivity index (χ4v) is 2.47. The molecule has 0 fully saturated rings. The van der Waals surface area contributed by atoms with Crippen LogP contribution in [0.3, 0.4) is 0 Å². The van der Waals surface area contributed by atoms with Crippen LogP contribution in [0, 0.1) is 0 Å². The highest BCUT2D eigenvalue weighted by molar-refractivity contribution is 7.07. The molecule has 0 aliphatic heterocycles. The van der Waals surface area contributed by atoms with E-state index in [0.29, 0.717) is 18.1 Å². The van der Waals surface area contributed by atoms with Crippen molar-refractivity contribution in [1.82, 2.24) is 15.5 Å². The zero-order chi connectivity index (χ0) is 16.2. The standard InChI is InChI=1S/C15H21N3O3S/c1-15(2,3)14-17-13(21-18-14)5-4-12(20)16-8-11(19)10-6-7-22-9-10/h6-7,9,11,19H,4-5,8H2,1-3H3,(H,16,20). The molecule has 0 aliphatic carbocycles. The number of amides is 1. The predicted molar refractivity (Wildman–Crippen MR) is 83.6 cm³/mol. The van der Waals surface area contributed by atoms with Crippen molar-refractivity contribution in [2.75, 3.05) is 6.54 Å². The van der Waals surface area contributed by atoms with E-state index in [1.807, 2.05) is 37.6 Å². The van der Waals surface area contributed by atoms with Crippen molar-refractivity contribution < 1.29 is 14.4 Å². The van der Waals surface area contributed by atoms with Crippen molar-refractivity contribution >= 4 is 17.2 Å². The van der Waals surface area contributed by atoms with E-state index in [1.165, 1.54) is 11.3 Å². The van der Waals surface area contributed by atoms with E-state index < -0.39 is 6.10 Å². The molecule has 1 unspecified atom stereocenters. The minimum Gasteiger partial charge on any atom is -0.387 e. The molecule has 1 atom stereocenters. The third kappa shape index (κ3) is 4.64. The van der Waals surface area contributed by atoms with Gasteiger partial charge in [0.15, 0.2) is 5.82 Å². The summed E-state index contributed by atoms with van der Waals surface area (Å²) < 4.78 is 5.14. The van der Waals surface area contributed by atoms with Crippen molar-refractivity contribution in [3.05, 3.63) is 34.1 Å². The molecule has 2 aromatic rings. The lowest BCUT2D eigenvalue weighted by molar-refractivity contribution is -0.121. The van der Waals surface area contributed by atoms with Gasteiger partial charge in [-0.25, -0.2) is 0 Å². The molecule has 0 radical (unpaired) electrons. The smallest absolute Gasteiger partial charge is 0.227 e. The van der Waals surface area contributed by atoms with Gasteiger partial charge in [0.25, 0.3) is 0 Å². The summed E-state index contributed by atoms with van der Waals surface area (Å²) >= 11 is 1.51. The van der Waals surface area contributed by atoms with Gasteiger partial charge in [0.1, 0.15) is 0 Å². The number of rotatable bonds is 6. The van der Waals surface area contributed by atoms with Crippen molar-refractivity contribution in [3.8, 4) is 0 Å². The van der Waals surface area contributed by atoms with Crippen LogP contribution in [-0.4, -0.2) is 27.7 Å². The minimum absolute atomic E-state index is 0.148. The van der Waals surface area contributed by atoms with Gasteiger partial charge in [0, 0.05) is 24.8 Å². The molecule has 1 amide bonds. The maximum absolute atomic E-state index is 11.8. The second kappa shape index (κ2) is 7.02. The molecule has 2 N–H and O–H groups in total. The van der Waals surface area contributed by atoms with Gasteiger partial charge in [-0.2, -0.15) is 16.3 Å². The normalized spacial score (nSPS) is 13.1. The number of aliphatic hydroxyl groups is 1. The van der Waals surface area contributed by atoms with Crippen LogP contribution < -0.4 is 5.32 Å². The highest BCUT2D eigenvalue weighted by Gasteiger charge is 2.21. The molecular weight excluding hydrogens is 302 g/mol. The number of carbonyl (C=O) groups excluding carboxylic acids is 1. The first-order chi connectivity index (χ1) is 10.4. The Labute approximate surface area is 133 Å². The fourth-order valence-electron chi connectivity index (χ4n) is 1.76. The summed E-state index contributed by atoms with van der Waals surface area (Å²) in [6, 6.07) is 1.84. The van der Waals surface area contributed by atoms with Crippen molar-refractivity contribution in [3.63, 3.8) is 0 Å². The molecular formula is C15H21N3O3S. The molecule has 2 rings (SSSR count). The molecule has 0 saturated heterocycles. The summed E-state index contributed by atoms with van der Waals surface area (Å²) in [4.78, 5) is 16.1. The lowest BCUT2D eigenvalue weighted by Gasteiger charge is -2.11. The predicted octanol–water partition coefficient (Wildman–Crippen LogP) is 2.21. The van der Waals surface area contributed by atoms with Gasteiger partial charge < -0.3 is 14.9 Å². The van der Waals surface area contributed by atoms with Crippen LogP contribution in [0.5, 0.6) is 0 Å². The van der Waals surface area contributed by atoms with Gasteiger partial charge in [-0.3, -0.25) is 4.79 Å². The quantitative estimate of drug-likeness (QED) is 0.851. The first kappa shape index (κ1) is 16.6. The number of hydrogen-bond acceptors (Lipinski definition) is 6. The number of nitrogens with one attached hydrogen (secondary N) is 1. The van der Waals surface area contributed by atoms with Crippen LogP contribution in [0.4, 0.5) is 0 Å². The molecule has 120 valence electrons. The van der Waals surface area contributed by atoms with E-state index in [1.54, 1.807) is 0 Å². The summed E-state index contributed by atoms with van der Waals surface area (Å²) in [7, 11) is 0. The van der Waals surface area contributed by atoms with Crippen LogP contribution in [-0.2, 0) is 16.6 Å². The van der Waals surface area contributed by atoms with Gasteiger partial charge in [-0.05, 0) is 22.4 Å². The minimum atomic E-state index is -0.675. The van der Waals surface area contributed by atoms with Crippen LogP contribution in [0.2, 0.25) is 0 Å². The monoisotopic (exact) mass is 323 g/mol. The first-order valence-electron chi connectivity index (χ1n) is 7.16. The average molecular weight is 323 g/mol. The SMILES string of the molecule is CC(C)(C)c1noc(CCC(=O)NCC(O)c2ccsc2)n1. The second-order valence-corrected chi connectivity index (χ2v) is 6.92. The van der Waals surface area contributed by atoms with E-state index in [-0.39, 0.29) is 24.3 Å². The Hall–Kier alpha value is -1.73. The zero-order valence-corrected chi connectivity index (χ0v) is 13.8.